The Hall–Kier alpha value is -1.45. The van der Waals surface area contributed by atoms with E-state index in [9.17, 15) is 4.79 Å². The maximum absolute atomic E-state index is 11.2. The van der Waals surface area contributed by atoms with Crippen LogP contribution in [0.5, 0.6) is 0 Å². The van der Waals surface area contributed by atoms with Gasteiger partial charge in [-0.15, -0.1) is 0 Å². The average molecular weight is 175 g/mol. The molecule has 13 heavy (non-hydrogen) atoms. The predicted octanol–water partition coefficient (Wildman–Crippen LogP) is 0.309. The zero-order valence-electron chi connectivity index (χ0n) is 7.63. The number of ether oxygens (including phenoxy) is 1. The highest BCUT2D eigenvalue weighted by Gasteiger charge is 2.09. The highest BCUT2D eigenvalue weighted by atomic mass is 16.5. The lowest BCUT2D eigenvalue weighted by atomic mass is 9.94. The van der Waals surface area contributed by atoms with E-state index in [0.717, 1.165) is 0 Å². The lowest BCUT2D eigenvalue weighted by molar-refractivity contribution is 0.0602. The Morgan fingerprint density at radius 2 is 2.23 bits per heavy atom. The molecule has 0 saturated carbocycles. The second-order valence-corrected chi connectivity index (χ2v) is 2.55. The van der Waals surface area contributed by atoms with Crippen molar-refractivity contribution in [3.05, 3.63) is 23.8 Å². The van der Waals surface area contributed by atoms with Crippen LogP contribution in [0, 0.1) is 0 Å². The van der Waals surface area contributed by atoms with Crippen LogP contribution in [0.15, 0.2) is 18.2 Å². The van der Waals surface area contributed by atoms with Gasteiger partial charge in [0.2, 0.25) is 0 Å². The van der Waals surface area contributed by atoms with E-state index in [1.54, 1.807) is 25.2 Å². The quantitative estimate of drug-likeness (QED) is 0.519. The number of anilines is 1. The number of hydrogen-bond acceptors (Lipinski definition) is 3. The topological polar surface area (TPSA) is 38.3 Å². The average Bonchev–Trinajstić information content (AvgIpc) is 2.16. The molecule has 0 aliphatic rings. The molecule has 66 valence electrons. The van der Waals surface area contributed by atoms with Crippen molar-refractivity contribution in [2.24, 2.45) is 0 Å². The van der Waals surface area contributed by atoms with Crippen molar-refractivity contribution in [3.63, 3.8) is 0 Å². The first-order valence-electron chi connectivity index (χ1n) is 3.84. The second-order valence-electron chi connectivity index (χ2n) is 2.55. The fourth-order valence-electron chi connectivity index (χ4n) is 1.06. The van der Waals surface area contributed by atoms with Gasteiger partial charge in [0, 0.05) is 12.7 Å². The van der Waals surface area contributed by atoms with Crippen molar-refractivity contribution in [1.29, 1.82) is 0 Å². The smallest absolute Gasteiger partial charge is 0.339 e. The minimum absolute atomic E-state index is 0.371. The molecule has 0 aliphatic heterocycles. The number of rotatable bonds is 2. The van der Waals surface area contributed by atoms with Crippen molar-refractivity contribution < 1.29 is 9.53 Å². The van der Waals surface area contributed by atoms with E-state index >= 15 is 0 Å². The Labute approximate surface area is 78.5 Å². The summed E-state index contributed by atoms with van der Waals surface area (Å²) in [6.45, 7) is 0. The van der Waals surface area contributed by atoms with Gasteiger partial charge in [-0.1, -0.05) is 11.5 Å². The molecule has 1 aromatic carbocycles. The first kappa shape index (κ1) is 9.64. The van der Waals surface area contributed by atoms with Crippen LogP contribution in [0.3, 0.4) is 0 Å². The first-order valence-corrected chi connectivity index (χ1v) is 3.84. The van der Waals surface area contributed by atoms with Crippen molar-refractivity contribution in [2.45, 2.75) is 0 Å². The molecule has 0 heterocycles. The van der Waals surface area contributed by atoms with E-state index < -0.39 is 0 Å². The summed E-state index contributed by atoms with van der Waals surface area (Å²) in [6, 6.07) is 4.98. The summed E-state index contributed by atoms with van der Waals surface area (Å²) in [5, 5.41) is 2.87. The predicted molar refractivity (Wildman–Crippen MR) is 52.7 cm³/mol. The maximum atomic E-state index is 11.2. The molecule has 0 atom stereocenters. The molecule has 0 unspecified atom stereocenters. The number of esters is 1. The number of nitrogens with one attached hydrogen (secondary N) is 1. The van der Waals surface area contributed by atoms with Gasteiger partial charge in [-0.3, -0.25) is 0 Å². The van der Waals surface area contributed by atoms with Crippen LogP contribution in [0.4, 0.5) is 5.69 Å². The van der Waals surface area contributed by atoms with E-state index in [4.69, 9.17) is 7.85 Å². The molecular formula is C9H10BNO2. The Morgan fingerprint density at radius 1 is 1.54 bits per heavy atom. The van der Waals surface area contributed by atoms with Gasteiger partial charge < -0.3 is 10.1 Å². The standard InChI is InChI=1S/C9H10BNO2/c1-11-8-5-6(10)3-4-7(8)9(12)13-2/h3-5,11H,1-2H3. The lowest BCUT2D eigenvalue weighted by Crippen LogP contribution is -2.10. The van der Waals surface area contributed by atoms with Gasteiger partial charge in [0.1, 0.15) is 7.85 Å². The Morgan fingerprint density at radius 3 is 2.77 bits per heavy atom. The fraction of sp³-hybridized carbons (Fsp3) is 0.222. The number of hydrogen-bond donors (Lipinski definition) is 1. The fourth-order valence-corrected chi connectivity index (χ4v) is 1.06. The molecule has 0 spiro atoms. The lowest BCUT2D eigenvalue weighted by Gasteiger charge is -2.07. The largest absolute Gasteiger partial charge is 0.465 e. The SMILES string of the molecule is [B]c1ccc(C(=O)OC)c(NC)c1. The summed E-state index contributed by atoms with van der Waals surface area (Å²) < 4.78 is 4.60. The molecule has 0 aromatic heterocycles. The summed E-state index contributed by atoms with van der Waals surface area (Å²) in [5.41, 5.74) is 1.77. The summed E-state index contributed by atoms with van der Waals surface area (Å²) in [5.74, 6) is -0.371. The second kappa shape index (κ2) is 3.98. The van der Waals surface area contributed by atoms with Crippen LogP contribution in [-0.2, 0) is 4.74 Å². The van der Waals surface area contributed by atoms with Crippen molar-refractivity contribution >= 4 is 25.0 Å². The van der Waals surface area contributed by atoms with Gasteiger partial charge in [-0.25, -0.2) is 4.79 Å². The van der Waals surface area contributed by atoms with Crippen molar-refractivity contribution in [1.82, 2.24) is 0 Å². The number of methoxy groups -OCH3 is 1. The molecule has 1 N–H and O–H groups in total. The third-order valence-electron chi connectivity index (χ3n) is 1.72. The Kier molecular flexibility index (Phi) is 2.95. The van der Waals surface area contributed by atoms with E-state index in [2.05, 4.69) is 10.1 Å². The molecule has 0 fully saturated rings. The highest BCUT2D eigenvalue weighted by Crippen LogP contribution is 2.13. The van der Waals surface area contributed by atoms with Gasteiger partial charge in [-0.05, 0) is 12.1 Å². The molecule has 4 heteroatoms. The van der Waals surface area contributed by atoms with Crippen LogP contribution < -0.4 is 10.8 Å². The van der Waals surface area contributed by atoms with E-state index in [1.165, 1.54) is 7.11 Å². The third-order valence-corrected chi connectivity index (χ3v) is 1.72. The van der Waals surface area contributed by atoms with Gasteiger partial charge in [0.15, 0.2) is 0 Å². The maximum Gasteiger partial charge on any atom is 0.339 e. The molecule has 0 saturated heterocycles. The summed E-state index contributed by atoms with van der Waals surface area (Å²) in [6.07, 6.45) is 0. The van der Waals surface area contributed by atoms with Gasteiger partial charge >= 0.3 is 5.97 Å². The molecular weight excluding hydrogens is 165 g/mol. The monoisotopic (exact) mass is 175 g/mol. The normalized spacial score (nSPS) is 9.38. The molecule has 0 bridgehead atoms. The van der Waals surface area contributed by atoms with Crippen LogP contribution in [0.1, 0.15) is 10.4 Å². The molecule has 3 nitrogen and oxygen atoms in total. The number of carbonyl (C=O) groups excluding carboxylic acids is 1. The molecule has 0 amide bonds. The van der Waals surface area contributed by atoms with Gasteiger partial charge in [0.05, 0.1) is 12.7 Å². The molecule has 1 aromatic rings. The van der Waals surface area contributed by atoms with Gasteiger partial charge in [-0.2, -0.15) is 0 Å². The molecule has 1 rings (SSSR count). The van der Waals surface area contributed by atoms with E-state index in [0.29, 0.717) is 16.7 Å². The van der Waals surface area contributed by atoms with Crippen molar-refractivity contribution in [3.8, 4) is 0 Å². The van der Waals surface area contributed by atoms with E-state index in [1.807, 2.05) is 0 Å². The number of benzene rings is 1. The van der Waals surface area contributed by atoms with Crippen LogP contribution in [0.25, 0.3) is 0 Å². The van der Waals surface area contributed by atoms with Crippen LogP contribution >= 0.6 is 0 Å². The summed E-state index contributed by atoms with van der Waals surface area (Å²) >= 11 is 0. The zero-order valence-corrected chi connectivity index (χ0v) is 7.63. The molecule has 2 radical (unpaired) electrons. The van der Waals surface area contributed by atoms with Crippen LogP contribution in [0.2, 0.25) is 0 Å². The third kappa shape index (κ3) is 2.02. The minimum atomic E-state index is -0.371. The first-order chi connectivity index (χ1) is 6.19. The number of carbonyl (C=O) groups is 1. The Balaban J connectivity index is 3.13. The van der Waals surface area contributed by atoms with Gasteiger partial charge in [0.25, 0.3) is 0 Å². The zero-order chi connectivity index (χ0) is 9.84. The summed E-state index contributed by atoms with van der Waals surface area (Å²) in [7, 11) is 8.62. The summed E-state index contributed by atoms with van der Waals surface area (Å²) in [4.78, 5) is 11.2. The van der Waals surface area contributed by atoms with Crippen LogP contribution in [-0.4, -0.2) is 28.0 Å². The van der Waals surface area contributed by atoms with E-state index in [-0.39, 0.29) is 5.97 Å². The highest BCUT2D eigenvalue weighted by molar-refractivity contribution is 6.32. The molecule has 0 aliphatic carbocycles. The Bertz CT molecular complexity index is 325. The van der Waals surface area contributed by atoms with Crippen molar-refractivity contribution in [2.75, 3.05) is 19.5 Å². The minimum Gasteiger partial charge on any atom is -0.465 e.